The standard InChI is InChI=1S/C16H13BrCl3N5O/c1-2-25-14(10(17)6-21-25)16(26)22-15-13(20)8-24(23-15)7-9-11(18)4-3-5-12(9)19/h3-6,8H,2,7H2,1H3,(H,22,23,26). The minimum Gasteiger partial charge on any atom is -0.302 e. The fourth-order valence-electron chi connectivity index (χ4n) is 2.40. The third-order valence-electron chi connectivity index (χ3n) is 3.64. The van der Waals surface area contributed by atoms with Crippen molar-refractivity contribution < 1.29 is 4.79 Å². The second-order valence-corrected chi connectivity index (χ2v) is 7.41. The van der Waals surface area contributed by atoms with Gasteiger partial charge in [-0.05, 0) is 35.0 Å². The highest BCUT2D eigenvalue weighted by atomic mass is 79.9. The number of amides is 1. The molecule has 0 radical (unpaired) electrons. The third kappa shape index (κ3) is 3.91. The van der Waals surface area contributed by atoms with Gasteiger partial charge in [0.2, 0.25) is 0 Å². The van der Waals surface area contributed by atoms with Crippen LogP contribution in [0.25, 0.3) is 0 Å². The molecule has 0 aliphatic carbocycles. The Kier molecular flexibility index (Phi) is 5.92. The van der Waals surface area contributed by atoms with Crippen LogP contribution in [-0.4, -0.2) is 25.5 Å². The number of carbonyl (C=O) groups is 1. The Morgan fingerprint density at radius 1 is 1.23 bits per heavy atom. The van der Waals surface area contributed by atoms with Crippen LogP contribution < -0.4 is 5.32 Å². The molecule has 6 nitrogen and oxygen atoms in total. The van der Waals surface area contributed by atoms with Gasteiger partial charge in [-0.15, -0.1) is 0 Å². The summed E-state index contributed by atoms with van der Waals surface area (Å²) < 4.78 is 3.74. The molecule has 2 aromatic heterocycles. The van der Waals surface area contributed by atoms with Crippen molar-refractivity contribution in [2.75, 3.05) is 5.32 Å². The highest BCUT2D eigenvalue weighted by molar-refractivity contribution is 9.10. The van der Waals surface area contributed by atoms with Gasteiger partial charge in [0.05, 0.1) is 17.2 Å². The highest BCUT2D eigenvalue weighted by Crippen LogP contribution is 2.27. The molecule has 10 heteroatoms. The summed E-state index contributed by atoms with van der Waals surface area (Å²) >= 11 is 21.9. The van der Waals surface area contributed by atoms with E-state index >= 15 is 0 Å². The summed E-state index contributed by atoms with van der Waals surface area (Å²) in [6.45, 7) is 2.78. The molecule has 0 atom stereocenters. The Labute approximate surface area is 173 Å². The van der Waals surface area contributed by atoms with Crippen molar-refractivity contribution in [2.24, 2.45) is 0 Å². The maximum Gasteiger partial charge on any atom is 0.276 e. The maximum atomic E-state index is 12.6. The molecule has 0 saturated carbocycles. The first-order valence-electron chi connectivity index (χ1n) is 7.59. The Bertz CT molecular complexity index is 949. The second-order valence-electron chi connectivity index (χ2n) is 5.33. The first kappa shape index (κ1) is 19.2. The Hall–Kier alpha value is -1.54. The Morgan fingerprint density at radius 2 is 1.92 bits per heavy atom. The zero-order valence-electron chi connectivity index (χ0n) is 13.5. The minimum atomic E-state index is -0.362. The van der Waals surface area contributed by atoms with E-state index in [0.717, 1.165) is 5.56 Å². The van der Waals surface area contributed by atoms with Crippen LogP contribution in [0.2, 0.25) is 15.1 Å². The summed E-state index contributed by atoms with van der Waals surface area (Å²) in [7, 11) is 0. The minimum absolute atomic E-state index is 0.246. The predicted molar refractivity (Wildman–Crippen MR) is 106 cm³/mol. The van der Waals surface area contributed by atoms with Gasteiger partial charge in [-0.3, -0.25) is 14.2 Å². The fraction of sp³-hybridized carbons (Fsp3) is 0.188. The van der Waals surface area contributed by atoms with Crippen LogP contribution in [0, 0.1) is 0 Å². The van der Waals surface area contributed by atoms with Crippen molar-refractivity contribution in [1.29, 1.82) is 0 Å². The van der Waals surface area contributed by atoms with Crippen molar-refractivity contribution >= 4 is 62.5 Å². The largest absolute Gasteiger partial charge is 0.302 e. The van der Waals surface area contributed by atoms with E-state index in [1.165, 1.54) is 0 Å². The number of carbonyl (C=O) groups excluding carboxylic acids is 1. The average molecular weight is 478 g/mol. The fourth-order valence-corrected chi connectivity index (χ4v) is 3.59. The lowest BCUT2D eigenvalue weighted by molar-refractivity contribution is 0.101. The summed E-state index contributed by atoms with van der Waals surface area (Å²) in [5.74, 6) is -0.116. The van der Waals surface area contributed by atoms with Crippen LogP contribution in [0.5, 0.6) is 0 Å². The summed E-state index contributed by atoms with van der Waals surface area (Å²) in [5.41, 5.74) is 1.12. The lowest BCUT2D eigenvalue weighted by Gasteiger charge is -2.07. The zero-order valence-corrected chi connectivity index (χ0v) is 17.4. The van der Waals surface area contributed by atoms with Gasteiger partial charge in [-0.1, -0.05) is 40.9 Å². The number of rotatable bonds is 5. The topological polar surface area (TPSA) is 64.7 Å². The Morgan fingerprint density at radius 3 is 2.58 bits per heavy atom. The van der Waals surface area contributed by atoms with E-state index in [1.54, 1.807) is 40.0 Å². The first-order valence-corrected chi connectivity index (χ1v) is 9.52. The molecule has 2 heterocycles. The van der Waals surface area contributed by atoms with E-state index in [0.29, 0.717) is 38.3 Å². The molecule has 0 aliphatic heterocycles. The molecule has 1 aromatic carbocycles. The van der Waals surface area contributed by atoms with Crippen molar-refractivity contribution in [1.82, 2.24) is 19.6 Å². The van der Waals surface area contributed by atoms with Gasteiger partial charge < -0.3 is 5.32 Å². The van der Waals surface area contributed by atoms with Crippen molar-refractivity contribution in [3.63, 3.8) is 0 Å². The van der Waals surface area contributed by atoms with Gasteiger partial charge in [-0.2, -0.15) is 10.2 Å². The van der Waals surface area contributed by atoms with Crippen LogP contribution in [0.1, 0.15) is 23.0 Å². The van der Waals surface area contributed by atoms with E-state index in [9.17, 15) is 4.79 Å². The average Bonchev–Trinajstić information content (AvgIpc) is 3.13. The van der Waals surface area contributed by atoms with Gasteiger partial charge >= 0.3 is 0 Å². The normalized spacial score (nSPS) is 11.0. The van der Waals surface area contributed by atoms with E-state index in [2.05, 4.69) is 31.4 Å². The number of benzene rings is 1. The number of halogens is 4. The van der Waals surface area contributed by atoms with Gasteiger partial charge in [0, 0.05) is 28.4 Å². The van der Waals surface area contributed by atoms with Crippen LogP contribution in [0.3, 0.4) is 0 Å². The molecular formula is C16H13BrCl3N5O. The molecule has 0 aliphatic rings. The van der Waals surface area contributed by atoms with E-state index in [4.69, 9.17) is 34.8 Å². The number of nitrogens with one attached hydrogen (secondary N) is 1. The molecule has 0 saturated heterocycles. The monoisotopic (exact) mass is 475 g/mol. The van der Waals surface area contributed by atoms with E-state index < -0.39 is 0 Å². The molecule has 1 N–H and O–H groups in total. The smallest absolute Gasteiger partial charge is 0.276 e. The Balaban J connectivity index is 1.82. The molecule has 3 rings (SSSR count). The van der Waals surface area contributed by atoms with Crippen LogP contribution in [0.15, 0.2) is 35.1 Å². The summed E-state index contributed by atoms with van der Waals surface area (Å²) in [6, 6.07) is 5.27. The van der Waals surface area contributed by atoms with Crippen LogP contribution in [-0.2, 0) is 13.1 Å². The van der Waals surface area contributed by atoms with E-state index in [1.807, 2.05) is 6.92 Å². The van der Waals surface area contributed by atoms with Gasteiger partial charge in [0.15, 0.2) is 5.82 Å². The number of anilines is 1. The predicted octanol–water partition coefficient (Wildman–Crippen LogP) is 5.12. The number of hydrogen-bond donors (Lipinski definition) is 1. The number of nitrogens with zero attached hydrogens (tertiary/aromatic N) is 4. The number of aryl methyl sites for hydroxylation is 1. The molecule has 0 bridgehead atoms. The zero-order chi connectivity index (χ0) is 18.8. The molecule has 0 unspecified atom stereocenters. The maximum absolute atomic E-state index is 12.6. The lowest BCUT2D eigenvalue weighted by atomic mass is 10.2. The third-order valence-corrected chi connectivity index (χ3v) is 5.21. The quantitative estimate of drug-likeness (QED) is 0.555. The summed E-state index contributed by atoms with van der Waals surface area (Å²) in [6.07, 6.45) is 3.17. The molecule has 0 fully saturated rings. The van der Waals surface area contributed by atoms with Gasteiger partial charge in [-0.25, -0.2) is 0 Å². The van der Waals surface area contributed by atoms with Gasteiger partial charge in [0.1, 0.15) is 10.7 Å². The first-order chi connectivity index (χ1) is 12.4. The highest BCUT2D eigenvalue weighted by Gasteiger charge is 2.19. The lowest BCUT2D eigenvalue weighted by Crippen LogP contribution is -2.18. The molecule has 3 aromatic rings. The van der Waals surface area contributed by atoms with Crippen molar-refractivity contribution in [3.8, 4) is 0 Å². The van der Waals surface area contributed by atoms with Gasteiger partial charge in [0.25, 0.3) is 5.91 Å². The van der Waals surface area contributed by atoms with E-state index in [-0.39, 0.29) is 11.7 Å². The number of hydrogen-bond acceptors (Lipinski definition) is 3. The summed E-state index contributed by atoms with van der Waals surface area (Å²) in [4.78, 5) is 12.6. The number of aromatic nitrogens is 4. The molecular weight excluding hydrogens is 464 g/mol. The molecule has 26 heavy (non-hydrogen) atoms. The van der Waals surface area contributed by atoms with Crippen molar-refractivity contribution in [2.45, 2.75) is 20.0 Å². The molecule has 0 spiro atoms. The van der Waals surface area contributed by atoms with Crippen LogP contribution in [0.4, 0.5) is 5.82 Å². The van der Waals surface area contributed by atoms with Crippen LogP contribution >= 0.6 is 50.7 Å². The molecule has 136 valence electrons. The van der Waals surface area contributed by atoms with Crippen molar-refractivity contribution in [3.05, 3.63) is 61.4 Å². The summed E-state index contributed by atoms with van der Waals surface area (Å²) in [5, 5.41) is 12.5. The SMILES string of the molecule is CCn1ncc(Br)c1C(=O)Nc1nn(Cc2c(Cl)cccc2Cl)cc1Cl. The molecule has 1 amide bonds. The second kappa shape index (κ2) is 8.00.